The van der Waals surface area contributed by atoms with Gasteiger partial charge in [-0.15, -0.1) is 0 Å². The molecule has 2 nitrogen and oxygen atoms in total. The van der Waals surface area contributed by atoms with Crippen LogP contribution in [0.2, 0.25) is 0 Å². The highest BCUT2D eigenvalue weighted by Crippen LogP contribution is 2.21. The van der Waals surface area contributed by atoms with E-state index in [1.807, 2.05) is 6.07 Å². The summed E-state index contributed by atoms with van der Waals surface area (Å²) in [5.41, 5.74) is 0.528. The molecule has 0 fully saturated rings. The molecule has 112 valence electrons. The van der Waals surface area contributed by atoms with Gasteiger partial charge in [-0.3, -0.25) is 4.79 Å². The van der Waals surface area contributed by atoms with Crippen LogP contribution in [0.5, 0.6) is 0 Å². The van der Waals surface area contributed by atoms with E-state index in [0.29, 0.717) is 28.8 Å². The number of carbonyl (C=O) groups excluding carboxylic acids is 1. The van der Waals surface area contributed by atoms with E-state index in [0.717, 1.165) is 18.2 Å². The molecular formula is C17H19BrFNO. The van der Waals surface area contributed by atoms with E-state index in [4.69, 9.17) is 0 Å². The Bertz CT molecular complexity index is 629. The molecule has 2 rings (SSSR count). The highest BCUT2D eigenvalue weighted by atomic mass is 79.9. The van der Waals surface area contributed by atoms with E-state index in [1.165, 1.54) is 6.07 Å². The lowest BCUT2D eigenvalue weighted by Crippen LogP contribution is -2.25. The highest BCUT2D eigenvalue weighted by molar-refractivity contribution is 9.09. The summed E-state index contributed by atoms with van der Waals surface area (Å²) in [5, 5.41) is 5.03. The smallest absolute Gasteiger partial charge is 0.251 e. The Balaban J connectivity index is 2.05. The van der Waals surface area contributed by atoms with Gasteiger partial charge in [0.1, 0.15) is 5.82 Å². The van der Waals surface area contributed by atoms with Crippen molar-refractivity contribution in [2.24, 2.45) is 5.92 Å². The fourth-order valence-electron chi connectivity index (χ4n) is 2.29. The summed E-state index contributed by atoms with van der Waals surface area (Å²) < 4.78 is 13.7. The summed E-state index contributed by atoms with van der Waals surface area (Å²) in [6, 6.07) is 9.96. The van der Waals surface area contributed by atoms with Crippen LogP contribution in [0.3, 0.4) is 0 Å². The number of halogens is 2. The zero-order valence-corrected chi connectivity index (χ0v) is 13.6. The van der Waals surface area contributed by atoms with Crippen molar-refractivity contribution in [1.29, 1.82) is 0 Å². The molecule has 0 aliphatic carbocycles. The second kappa shape index (κ2) is 7.55. The van der Waals surface area contributed by atoms with Crippen molar-refractivity contribution in [2.45, 2.75) is 19.8 Å². The third-order valence-corrected chi connectivity index (χ3v) is 4.64. The summed E-state index contributed by atoms with van der Waals surface area (Å²) >= 11 is 3.44. The Hall–Kier alpha value is -1.42. The number of benzene rings is 2. The fourth-order valence-corrected chi connectivity index (χ4v) is 2.61. The van der Waals surface area contributed by atoms with Crippen molar-refractivity contribution in [2.75, 3.05) is 11.9 Å². The molecule has 1 amide bonds. The van der Waals surface area contributed by atoms with Crippen LogP contribution in [0.1, 0.15) is 30.1 Å². The number of alkyl halides is 1. The molecule has 2 aromatic rings. The van der Waals surface area contributed by atoms with Crippen molar-refractivity contribution in [1.82, 2.24) is 5.32 Å². The van der Waals surface area contributed by atoms with Crippen LogP contribution in [-0.4, -0.2) is 17.8 Å². The minimum Gasteiger partial charge on any atom is -0.352 e. The van der Waals surface area contributed by atoms with Gasteiger partial charge in [-0.1, -0.05) is 47.1 Å². The zero-order valence-electron chi connectivity index (χ0n) is 12.0. The lowest BCUT2D eigenvalue weighted by Gasteiger charge is -2.10. The summed E-state index contributed by atoms with van der Waals surface area (Å²) in [6.07, 6.45) is 2.01. The quantitative estimate of drug-likeness (QED) is 0.601. The van der Waals surface area contributed by atoms with Crippen molar-refractivity contribution in [3.8, 4) is 0 Å². The maximum absolute atomic E-state index is 13.7. The van der Waals surface area contributed by atoms with E-state index in [9.17, 15) is 9.18 Å². The molecule has 2 aromatic carbocycles. The summed E-state index contributed by atoms with van der Waals surface area (Å²) in [6.45, 7) is 2.81. The molecule has 1 unspecified atom stereocenters. The molecule has 0 aliphatic rings. The maximum Gasteiger partial charge on any atom is 0.251 e. The van der Waals surface area contributed by atoms with Gasteiger partial charge >= 0.3 is 0 Å². The molecule has 0 bridgehead atoms. The SMILES string of the molecule is CC(CBr)CCCNC(=O)c1ccc(F)c2ccccc12. The van der Waals surface area contributed by atoms with Gasteiger partial charge in [-0.25, -0.2) is 4.39 Å². The first kappa shape index (κ1) is 16.0. The van der Waals surface area contributed by atoms with Crippen LogP contribution < -0.4 is 5.32 Å². The van der Waals surface area contributed by atoms with Gasteiger partial charge in [-0.05, 0) is 36.3 Å². The second-order valence-corrected chi connectivity index (χ2v) is 5.95. The highest BCUT2D eigenvalue weighted by Gasteiger charge is 2.11. The van der Waals surface area contributed by atoms with Crippen molar-refractivity contribution >= 4 is 32.6 Å². The Labute approximate surface area is 132 Å². The Morgan fingerprint density at radius 2 is 1.95 bits per heavy atom. The lowest BCUT2D eigenvalue weighted by atomic mass is 10.0. The van der Waals surface area contributed by atoms with Gasteiger partial charge in [-0.2, -0.15) is 0 Å². The number of rotatable bonds is 6. The summed E-state index contributed by atoms with van der Waals surface area (Å²) in [7, 11) is 0. The largest absolute Gasteiger partial charge is 0.352 e. The number of hydrogen-bond donors (Lipinski definition) is 1. The number of amides is 1. The first-order valence-electron chi connectivity index (χ1n) is 7.15. The molecule has 0 aliphatic heterocycles. The summed E-state index contributed by atoms with van der Waals surface area (Å²) in [5.74, 6) is 0.166. The minimum atomic E-state index is -0.298. The predicted octanol–water partition coefficient (Wildman–Crippen LogP) is 4.52. The van der Waals surface area contributed by atoms with Gasteiger partial charge in [0.25, 0.3) is 5.91 Å². The molecule has 0 saturated carbocycles. The minimum absolute atomic E-state index is 0.141. The van der Waals surface area contributed by atoms with Crippen LogP contribution in [0.15, 0.2) is 36.4 Å². The second-order valence-electron chi connectivity index (χ2n) is 5.30. The van der Waals surface area contributed by atoms with Crippen LogP contribution >= 0.6 is 15.9 Å². The molecule has 0 radical (unpaired) electrons. The Morgan fingerprint density at radius 1 is 1.24 bits per heavy atom. The van der Waals surface area contributed by atoms with Gasteiger partial charge in [0.15, 0.2) is 0 Å². The first-order chi connectivity index (χ1) is 10.1. The van der Waals surface area contributed by atoms with E-state index in [-0.39, 0.29) is 11.7 Å². The van der Waals surface area contributed by atoms with Gasteiger partial charge in [0.05, 0.1) is 0 Å². The lowest BCUT2D eigenvalue weighted by molar-refractivity contribution is 0.0954. The molecule has 1 atom stereocenters. The first-order valence-corrected chi connectivity index (χ1v) is 8.27. The topological polar surface area (TPSA) is 29.1 Å². The van der Waals surface area contributed by atoms with E-state index in [2.05, 4.69) is 28.2 Å². The van der Waals surface area contributed by atoms with Crippen molar-refractivity contribution in [3.63, 3.8) is 0 Å². The third kappa shape index (κ3) is 4.03. The average molecular weight is 352 g/mol. The zero-order chi connectivity index (χ0) is 15.2. The van der Waals surface area contributed by atoms with Gasteiger partial charge < -0.3 is 5.32 Å². The van der Waals surface area contributed by atoms with Crippen LogP contribution in [0.25, 0.3) is 10.8 Å². The van der Waals surface area contributed by atoms with Crippen LogP contribution in [0.4, 0.5) is 4.39 Å². The molecule has 0 aromatic heterocycles. The number of hydrogen-bond acceptors (Lipinski definition) is 1. The number of carbonyl (C=O) groups is 1. The van der Waals surface area contributed by atoms with Crippen LogP contribution in [0, 0.1) is 11.7 Å². The van der Waals surface area contributed by atoms with Crippen molar-refractivity contribution in [3.05, 3.63) is 47.8 Å². The summed E-state index contributed by atoms with van der Waals surface area (Å²) in [4.78, 5) is 12.2. The van der Waals surface area contributed by atoms with E-state index >= 15 is 0 Å². The monoisotopic (exact) mass is 351 g/mol. The predicted molar refractivity (Wildman–Crippen MR) is 88.4 cm³/mol. The van der Waals surface area contributed by atoms with Crippen LogP contribution in [-0.2, 0) is 0 Å². The van der Waals surface area contributed by atoms with Gasteiger partial charge in [0.2, 0.25) is 0 Å². The molecular weight excluding hydrogens is 333 g/mol. The Kier molecular flexibility index (Phi) is 5.74. The molecule has 0 saturated heterocycles. The average Bonchev–Trinajstić information content (AvgIpc) is 2.51. The molecule has 1 N–H and O–H groups in total. The molecule has 4 heteroatoms. The van der Waals surface area contributed by atoms with E-state index in [1.54, 1.807) is 24.3 Å². The standard InChI is InChI=1S/C17H19BrFNO/c1-12(11-18)5-4-10-20-17(21)15-8-9-16(19)14-7-3-2-6-13(14)15/h2-3,6-9,12H,4-5,10-11H2,1H3,(H,20,21). The van der Waals surface area contributed by atoms with E-state index < -0.39 is 0 Å². The molecule has 21 heavy (non-hydrogen) atoms. The molecule has 0 spiro atoms. The van der Waals surface area contributed by atoms with Crippen molar-refractivity contribution < 1.29 is 9.18 Å². The Morgan fingerprint density at radius 3 is 2.67 bits per heavy atom. The van der Waals surface area contributed by atoms with Gasteiger partial charge in [0, 0.05) is 22.8 Å². The normalized spacial score (nSPS) is 12.3. The fraction of sp³-hybridized carbons (Fsp3) is 0.353. The number of nitrogens with one attached hydrogen (secondary N) is 1. The third-order valence-electron chi connectivity index (χ3n) is 3.54. The maximum atomic E-state index is 13.7. The molecule has 0 heterocycles. The number of fused-ring (bicyclic) bond motifs is 1.